The van der Waals surface area contributed by atoms with Crippen LogP contribution in [-0.2, 0) is 0 Å². The quantitative estimate of drug-likeness (QED) is 0.382. The standard InChI is InChI=1S/C20H18ClFN8O2S/c1-9-6-24-20(33-9)29-8-10(21)3-14(19(29)32)26-15-5-16(23-2)30-17(28-15)11(7-25-30)18(31)27-13-4-12(13)22/h3,5-8,12-13,23H,4H2,1-2H3,(H,26,28)(H,27,31)/t12-,13+/m1/s1. The van der Waals surface area contributed by atoms with Crippen LogP contribution in [0.15, 0.2) is 35.5 Å². The van der Waals surface area contributed by atoms with Crippen LogP contribution in [0.25, 0.3) is 10.8 Å². The number of aryl methyl sites for hydroxylation is 1. The van der Waals surface area contributed by atoms with Crippen LogP contribution < -0.4 is 21.5 Å². The molecule has 0 radical (unpaired) electrons. The van der Waals surface area contributed by atoms with Gasteiger partial charge in [0.1, 0.15) is 29.1 Å². The maximum absolute atomic E-state index is 13.2. The van der Waals surface area contributed by atoms with Crippen LogP contribution in [0, 0.1) is 6.92 Å². The Morgan fingerprint density at radius 3 is 2.79 bits per heavy atom. The number of alkyl halides is 1. The Kier molecular flexibility index (Phi) is 5.25. The van der Waals surface area contributed by atoms with Gasteiger partial charge in [-0.05, 0) is 13.0 Å². The van der Waals surface area contributed by atoms with E-state index in [9.17, 15) is 14.0 Å². The van der Waals surface area contributed by atoms with Crippen LogP contribution in [-0.4, -0.2) is 49.3 Å². The van der Waals surface area contributed by atoms with Crippen molar-refractivity contribution < 1.29 is 9.18 Å². The first-order valence-corrected chi connectivity index (χ1v) is 11.2. The Hall–Kier alpha value is -3.51. The number of halogens is 2. The summed E-state index contributed by atoms with van der Waals surface area (Å²) < 4.78 is 16.0. The largest absolute Gasteiger partial charge is 0.373 e. The van der Waals surface area contributed by atoms with Crippen LogP contribution >= 0.6 is 22.9 Å². The normalized spacial score (nSPS) is 17.2. The molecule has 2 atom stereocenters. The number of rotatable bonds is 6. The minimum Gasteiger partial charge on any atom is -0.373 e. The molecule has 0 unspecified atom stereocenters. The van der Waals surface area contributed by atoms with E-state index in [1.54, 1.807) is 19.3 Å². The summed E-state index contributed by atoms with van der Waals surface area (Å²) in [6.45, 7) is 1.89. The van der Waals surface area contributed by atoms with Crippen molar-refractivity contribution in [1.82, 2.24) is 29.5 Å². The average Bonchev–Trinajstić information content (AvgIpc) is 3.15. The third-order valence-corrected chi connectivity index (χ3v) is 6.18. The van der Waals surface area contributed by atoms with Gasteiger partial charge in [0.15, 0.2) is 10.8 Å². The van der Waals surface area contributed by atoms with Crippen LogP contribution in [0.5, 0.6) is 0 Å². The molecule has 1 saturated carbocycles. The molecule has 170 valence electrons. The predicted octanol–water partition coefficient (Wildman–Crippen LogP) is 2.92. The molecule has 33 heavy (non-hydrogen) atoms. The number of anilines is 3. The maximum atomic E-state index is 13.2. The molecule has 5 rings (SSSR count). The van der Waals surface area contributed by atoms with Crippen LogP contribution in [0.1, 0.15) is 21.7 Å². The van der Waals surface area contributed by atoms with Gasteiger partial charge < -0.3 is 16.0 Å². The van der Waals surface area contributed by atoms with E-state index >= 15 is 0 Å². The third kappa shape index (κ3) is 4.02. The first kappa shape index (κ1) is 21.3. The summed E-state index contributed by atoms with van der Waals surface area (Å²) in [5.74, 6) is 0.345. The van der Waals surface area contributed by atoms with E-state index in [4.69, 9.17) is 11.6 Å². The van der Waals surface area contributed by atoms with E-state index in [1.807, 2.05) is 6.92 Å². The molecule has 10 nitrogen and oxygen atoms in total. The highest BCUT2D eigenvalue weighted by atomic mass is 35.5. The van der Waals surface area contributed by atoms with Crippen LogP contribution in [0.3, 0.4) is 0 Å². The molecule has 13 heteroatoms. The summed E-state index contributed by atoms with van der Waals surface area (Å²) >= 11 is 7.62. The Bertz CT molecular complexity index is 1450. The number of aromatic nitrogens is 5. The smallest absolute Gasteiger partial charge is 0.280 e. The number of carbonyl (C=O) groups excluding carboxylic acids is 1. The number of hydrogen-bond acceptors (Lipinski definition) is 8. The molecule has 3 N–H and O–H groups in total. The molecular weight excluding hydrogens is 471 g/mol. The van der Waals surface area contributed by atoms with Crippen molar-refractivity contribution >= 4 is 51.8 Å². The molecule has 1 aliphatic rings. The number of carbonyl (C=O) groups is 1. The number of nitrogens with zero attached hydrogens (tertiary/aromatic N) is 5. The van der Waals surface area contributed by atoms with Gasteiger partial charge in [0, 0.05) is 36.8 Å². The number of pyridine rings is 1. The summed E-state index contributed by atoms with van der Waals surface area (Å²) in [6, 6.07) is 2.64. The lowest BCUT2D eigenvalue weighted by Crippen LogP contribution is -2.27. The second kappa shape index (κ2) is 8.12. The van der Waals surface area contributed by atoms with Gasteiger partial charge in [-0.3, -0.25) is 14.2 Å². The fourth-order valence-corrected chi connectivity index (χ4v) is 4.24. The highest BCUT2D eigenvalue weighted by Crippen LogP contribution is 2.27. The van der Waals surface area contributed by atoms with Gasteiger partial charge in [-0.1, -0.05) is 11.6 Å². The van der Waals surface area contributed by atoms with Crippen molar-refractivity contribution in [1.29, 1.82) is 0 Å². The predicted molar refractivity (Wildman–Crippen MR) is 124 cm³/mol. The molecule has 0 aliphatic heterocycles. The highest BCUT2D eigenvalue weighted by molar-refractivity contribution is 7.14. The number of amides is 1. The van der Waals surface area contributed by atoms with Gasteiger partial charge in [-0.15, -0.1) is 11.3 Å². The maximum Gasteiger partial charge on any atom is 0.280 e. The van der Waals surface area contributed by atoms with Gasteiger partial charge >= 0.3 is 0 Å². The SMILES string of the molecule is CNc1cc(Nc2cc(Cl)cn(-c3ncc(C)s3)c2=O)nc2c(C(=O)N[C@H]3C[C@H]3F)cnn12. The summed E-state index contributed by atoms with van der Waals surface area (Å²) in [5.41, 5.74) is 0.250. The molecule has 1 aliphatic carbocycles. The highest BCUT2D eigenvalue weighted by Gasteiger charge is 2.39. The van der Waals surface area contributed by atoms with Gasteiger partial charge in [-0.2, -0.15) is 9.61 Å². The molecule has 1 fully saturated rings. The number of fused-ring (bicyclic) bond motifs is 1. The second-order valence-electron chi connectivity index (χ2n) is 7.53. The summed E-state index contributed by atoms with van der Waals surface area (Å²) in [4.78, 5) is 35.4. The van der Waals surface area contributed by atoms with Gasteiger partial charge in [0.05, 0.1) is 17.3 Å². The monoisotopic (exact) mass is 488 g/mol. The topological polar surface area (TPSA) is 118 Å². The number of hydrogen-bond donors (Lipinski definition) is 3. The zero-order valence-electron chi connectivity index (χ0n) is 17.5. The van der Waals surface area contributed by atoms with E-state index in [1.165, 1.54) is 38.9 Å². The van der Waals surface area contributed by atoms with Gasteiger partial charge in [0.2, 0.25) is 0 Å². The van der Waals surface area contributed by atoms with Crippen molar-refractivity contribution in [2.75, 3.05) is 17.7 Å². The van der Waals surface area contributed by atoms with E-state index < -0.39 is 18.1 Å². The molecular formula is C20H18ClFN8O2S. The van der Waals surface area contributed by atoms with Crippen molar-refractivity contribution in [2.45, 2.75) is 25.6 Å². The van der Waals surface area contributed by atoms with Crippen molar-refractivity contribution in [3.8, 4) is 5.13 Å². The minimum atomic E-state index is -1.03. The lowest BCUT2D eigenvalue weighted by atomic mass is 10.3. The van der Waals surface area contributed by atoms with E-state index in [-0.39, 0.29) is 28.3 Å². The molecule has 4 heterocycles. The third-order valence-electron chi connectivity index (χ3n) is 5.06. The van der Waals surface area contributed by atoms with E-state index in [2.05, 4.69) is 31.0 Å². The second-order valence-corrected chi connectivity index (χ2v) is 9.18. The number of thiazole rings is 1. The molecule has 4 aromatic heterocycles. The van der Waals surface area contributed by atoms with Crippen molar-refractivity contribution in [3.63, 3.8) is 0 Å². The molecule has 0 spiro atoms. The zero-order chi connectivity index (χ0) is 23.3. The van der Waals surface area contributed by atoms with Crippen molar-refractivity contribution in [3.05, 3.63) is 56.5 Å². The molecule has 1 amide bonds. The first-order chi connectivity index (χ1) is 15.8. The van der Waals surface area contributed by atoms with Gasteiger partial charge in [0.25, 0.3) is 11.5 Å². The van der Waals surface area contributed by atoms with Gasteiger partial charge in [-0.25, -0.2) is 14.4 Å². The fourth-order valence-electron chi connectivity index (χ4n) is 3.30. The zero-order valence-corrected chi connectivity index (χ0v) is 19.0. The fraction of sp³-hybridized carbons (Fsp3) is 0.250. The van der Waals surface area contributed by atoms with Crippen LogP contribution in [0.2, 0.25) is 5.02 Å². The molecule has 4 aromatic rings. The van der Waals surface area contributed by atoms with E-state index in [0.29, 0.717) is 22.4 Å². The Morgan fingerprint density at radius 2 is 2.12 bits per heavy atom. The van der Waals surface area contributed by atoms with Crippen molar-refractivity contribution in [2.24, 2.45) is 0 Å². The summed E-state index contributed by atoms with van der Waals surface area (Å²) in [5, 5.41) is 13.6. The lowest BCUT2D eigenvalue weighted by Gasteiger charge is -2.11. The van der Waals surface area contributed by atoms with Crippen LogP contribution in [0.4, 0.5) is 21.7 Å². The number of nitrogens with one attached hydrogen (secondary N) is 3. The molecule has 0 bridgehead atoms. The summed E-state index contributed by atoms with van der Waals surface area (Å²) in [7, 11) is 1.69. The molecule has 0 saturated heterocycles. The average molecular weight is 489 g/mol. The minimum absolute atomic E-state index is 0.179. The Balaban J connectivity index is 1.54. The summed E-state index contributed by atoms with van der Waals surface area (Å²) in [6.07, 6.45) is 3.81. The first-order valence-electron chi connectivity index (χ1n) is 9.97. The lowest BCUT2D eigenvalue weighted by molar-refractivity contribution is 0.0949. The Labute approximate surface area is 195 Å². The van der Waals surface area contributed by atoms with E-state index in [0.717, 1.165) is 4.88 Å². The molecule has 0 aromatic carbocycles. The Morgan fingerprint density at radius 1 is 1.33 bits per heavy atom.